The van der Waals surface area contributed by atoms with Crippen molar-refractivity contribution in [2.45, 2.75) is 62.7 Å². The average molecular weight is 294 g/mol. The van der Waals surface area contributed by atoms with Crippen LogP contribution in [0.15, 0.2) is 11.5 Å². The van der Waals surface area contributed by atoms with E-state index in [1.807, 2.05) is 0 Å². The van der Waals surface area contributed by atoms with E-state index in [1.54, 1.807) is 6.33 Å². The fourth-order valence-electron chi connectivity index (χ4n) is 2.90. The second-order valence-electron chi connectivity index (χ2n) is 5.69. The van der Waals surface area contributed by atoms with Gasteiger partial charge >= 0.3 is 0 Å². The van der Waals surface area contributed by atoms with Gasteiger partial charge < -0.3 is 9.47 Å². The van der Waals surface area contributed by atoms with Crippen molar-refractivity contribution in [3.05, 3.63) is 6.33 Å². The highest BCUT2D eigenvalue weighted by Crippen LogP contribution is 2.37. The first-order valence-corrected chi connectivity index (χ1v) is 8.60. The summed E-state index contributed by atoms with van der Waals surface area (Å²) in [6.07, 6.45) is 8.84. The monoisotopic (exact) mass is 294 g/mol. The molecular formula is C14H22N4OS. The van der Waals surface area contributed by atoms with Crippen LogP contribution in [0.2, 0.25) is 0 Å². The lowest BCUT2D eigenvalue weighted by atomic mass is 10.0. The predicted molar refractivity (Wildman–Crippen MR) is 78.7 cm³/mol. The van der Waals surface area contributed by atoms with E-state index in [9.17, 15) is 4.79 Å². The van der Waals surface area contributed by atoms with Gasteiger partial charge in [-0.25, -0.2) is 0 Å². The minimum absolute atomic E-state index is 0.256. The van der Waals surface area contributed by atoms with Crippen LogP contribution in [0.4, 0.5) is 0 Å². The average Bonchev–Trinajstić information content (AvgIpc) is 3.23. The number of likely N-dealkylation sites (tertiary alicyclic amines) is 1. The van der Waals surface area contributed by atoms with Crippen molar-refractivity contribution >= 4 is 17.7 Å². The van der Waals surface area contributed by atoms with Gasteiger partial charge in [0, 0.05) is 18.6 Å². The lowest BCUT2D eigenvalue weighted by Gasteiger charge is -2.35. The number of aromatic nitrogens is 3. The van der Waals surface area contributed by atoms with E-state index in [0.29, 0.717) is 17.8 Å². The first kappa shape index (κ1) is 13.9. The summed E-state index contributed by atoms with van der Waals surface area (Å²) in [5, 5.41) is 9.01. The van der Waals surface area contributed by atoms with E-state index in [-0.39, 0.29) is 5.91 Å². The van der Waals surface area contributed by atoms with Crippen LogP contribution in [-0.4, -0.2) is 43.9 Å². The fraction of sp³-hybridized carbons (Fsp3) is 0.786. The van der Waals surface area contributed by atoms with Crippen LogP contribution in [0, 0.1) is 0 Å². The van der Waals surface area contributed by atoms with Crippen LogP contribution in [-0.2, 0) is 4.79 Å². The molecule has 1 amide bonds. The summed E-state index contributed by atoms with van der Waals surface area (Å²) in [6, 6.07) is 1.01. The molecule has 5 nitrogen and oxygen atoms in total. The molecule has 1 aromatic heterocycles. The summed E-state index contributed by atoms with van der Waals surface area (Å²) in [5.41, 5.74) is 0. The summed E-state index contributed by atoms with van der Waals surface area (Å²) in [6.45, 7) is 3.10. The van der Waals surface area contributed by atoms with Gasteiger partial charge in [-0.05, 0) is 38.5 Å². The number of carbonyl (C=O) groups is 1. The minimum atomic E-state index is 0.256. The molecule has 1 aliphatic carbocycles. The van der Waals surface area contributed by atoms with Gasteiger partial charge in [-0.15, -0.1) is 10.2 Å². The first-order valence-electron chi connectivity index (χ1n) is 7.61. The predicted octanol–water partition coefficient (Wildman–Crippen LogP) is 2.50. The number of amides is 1. The SMILES string of the molecule is CCC1CCCCN1C(=O)CSc1nncn1C1CC1. The van der Waals surface area contributed by atoms with Gasteiger partial charge in [-0.2, -0.15) is 0 Å². The molecule has 1 aliphatic heterocycles. The molecule has 0 radical (unpaired) electrons. The molecule has 0 spiro atoms. The summed E-state index contributed by atoms with van der Waals surface area (Å²) in [4.78, 5) is 14.5. The van der Waals surface area contributed by atoms with Crippen LogP contribution in [0.5, 0.6) is 0 Å². The molecule has 6 heteroatoms. The molecule has 2 heterocycles. The highest BCUT2D eigenvalue weighted by Gasteiger charge is 2.28. The van der Waals surface area contributed by atoms with E-state index < -0.39 is 0 Å². The van der Waals surface area contributed by atoms with E-state index >= 15 is 0 Å². The van der Waals surface area contributed by atoms with Crippen LogP contribution < -0.4 is 0 Å². The Labute approximate surface area is 124 Å². The van der Waals surface area contributed by atoms with Crippen molar-refractivity contribution in [3.8, 4) is 0 Å². The van der Waals surface area contributed by atoms with Crippen molar-refractivity contribution in [1.82, 2.24) is 19.7 Å². The van der Waals surface area contributed by atoms with E-state index in [4.69, 9.17) is 0 Å². The molecule has 3 rings (SSSR count). The molecule has 1 unspecified atom stereocenters. The Bertz CT molecular complexity index is 471. The molecular weight excluding hydrogens is 272 g/mol. The third-order valence-electron chi connectivity index (χ3n) is 4.22. The van der Waals surface area contributed by atoms with E-state index in [1.165, 1.54) is 31.0 Å². The van der Waals surface area contributed by atoms with Crippen molar-refractivity contribution < 1.29 is 4.79 Å². The molecule has 2 aliphatic rings. The lowest BCUT2D eigenvalue weighted by molar-refractivity contribution is -0.132. The Kier molecular flexibility index (Phi) is 4.29. The zero-order chi connectivity index (χ0) is 13.9. The molecule has 1 saturated carbocycles. The van der Waals surface area contributed by atoms with Gasteiger partial charge in [0.2, 0.25) is 5.91 Å². The molecule has 2 fully saturated rings. The maximum Gasteiger partial charge on any atom is 0.233 e. The highest BCUT2D eigenvalue weighted by molar-refractivity contribution is 7.99. The number of nitrogens with zero attached hydrogens (tertiary/aromatic N) is 4. The number of hydrogen-bond acceptors (Lipinski definition) is 4. The van der Waals surface area contributed by atoms with Crippen molar-refractivity contribution in [3.63, 3.8) is 0 Å². The Hall–Kier alpha value is -1.04. The third kappa shape index (κ3) is 3.00. The van der Waals surface area contributed by atoms with Gasteiger partial charge in [0.25, 0.3) is 0 Å². The van der Waals surface area contributed by atoms with Gasteiger partial charge in [0.05, 0.1) is 5.75 Å². The lowest BCUT2D eigenvalue weighted by Crippen LogP contribution is -2.44. The number of piperidine rings is 1. The van der Waals surface area contributed by atoms with Crippen molar-refractivity contribution in [2.75, 3.05) is 12.3 Å². The fourth-order valence-corrected chi connectivity index (χ4v) is 3.77. The van der Waals surface area contributed by atoms with Gasteiger partial charge in [0.15, 0.2) is 5.16 Å². The number of thioether (sulfide) groups is 1. The third-order valence-corrected chi connectivity index (χ3v) is 5.17. The molecule has 1 atom stereocenters. The maximum atomic E-state index is 12.4. The van der Waals surface area contributed by atoms with Gasteiger partial charge in [-0.3, -0.25) is 4.79 Å². The molecule has 1 saturated heterocycles. The molecule has 0 N–H and O–H groups in total. The second kappa shape index (κ2) is 6.16. The van der Waals surface area contributed by atoms with E-state index in [0.717, 1.165) is 31.0 Å². The summed E-state index contributed by atoms with van der Waals surface area (Å²) in [7, 11) is 0. The summed E-state index contributed by atoms with van der Waals surface area (Å²) < 4.78 is 2.12. The van der Waals surface area contributed by atoms with Gasteiger partial charge in [0.1, 0.15) is 6.33 Å². The number of carbonyl (C=O) groups excluding carboxylic acids is 1. The van der Waals surface area contributed by atoms with Crippen molar-refractivity contribution in [1.29, 1.82) is 0 Å². The Morgan fingerprint density at radius 2 is 2.25 bits per heavy atom. The number of rotatable bonds is 5. The zero-order valence-corrected chi connectivity index (χ0v) is 12.8. The van der Waals surface area contributed by atoms with Crippen LogP contribution in [0.25, 0.3) is 0 Å². The van der Waals surface area contributed by atoms with Crippen LogP contribution >= 0.6 is 11.8 Å². The maximum absolute atomic E-state index is 12.4. The van der Waals surface area contributed by atoms with Crippen LogP contribution in [0.1, 0.15) is 51.5 Å². The molecule has 110 valence electrons. The standard InChI is InChI=1S/C14H22N4OS/c1-2-11-5-3-4-8-17(11)13(19)9-20-14-16-15-10-18(14)12-6-7-12/h10-12H,2-9H2,1H3. The van der Waals surface area contributed by atoms with E-state index in [2.05, 4.69) is 26.6 Å². The molecule has 0 bridgehead atoms. The number of hydrogen-bond donors (Lipinski definition) is 0. The Morgan fingerprint density at radius 1 is 1.40 bits per heavy atom. The molecule has 1 aromatic rings. The van der Waals surface area contributed by atoms with Crippen LogP contribution in [0.3, 0.4) is 0 Å². The topological polar surface area (TPSA) is 51.0 Å². The van der Waals surface area contributed by atoms with Crippen molar-refractivity contribution in [2.24, 2.45) is 0 Å². The Morgan fingerprint density at radius 3 is 3.00 bits per heavy atom. The minimum Gasteiger partial charge on any atom is -0.339 e. The summed E-state index contributed by atoms with van der Waals surface area (Å²) >= 11 is 1.53. The molecule has 20 heavy (non-hydrogen) atoms. The smallest absolute Gasteiger partial charge is 0.233 e. The Balaban J connectivity index is 1.56. The quantitative estimate of drug-likeness (QED) is 0.783. The summed E-state index contributed by atoms with van der Waals surface area (Å²) in [5.74, 6) is 0.744. The van der Waals surface area contributed by atoms with Gasteiger partial charge in [-0.1, -0.05) is 18.7 Å². The zero-order valence-electron chi connectivity index (χ0n) is 12.0. The largest absolute Gasteiger partial charge is 0.339 e. The normalized spacial score (nSPS) is 23.1. The highest BCUT2D eigenvalue weighted by atomic mass is 32.2. The molecule has 0 aromatic carbocycles. The first-order chi connectivity index (χ1) is 9.79. The second-order valence-corrected chi connectivity index (χ2v) is 6.63.